The Morgan fingerprint density at radius 2 is 2.15 bits per heavy atom. The Balaban J connectivity index is 2.76. The highest BCUT2D eigenvalue weighted by molar-refractivity contribution is 7.91. The maximum atomic E-state index is 12.1. The van der Waals surface area contributed by atoms with Crippen LogP contribution in [0.4, 0.5) is 5.13 Å². The summed E-state index contributed by atoms with van der Waals surface area (Å²) < 4.78 is 26.5. The molecule has 10 heteroatoms. The van der Waals surface area contributed by atoms with E-state index < -0.39 is 10.0 Å². The summed E-state index contributed by atoms with van der Waals surface area (Å²) in [4.78, 5) is 10.9. The van der Waals surface area contributed by atoms with Gasteiger partial charge in [-0.15, -0.1) is 10.2 Å². The van der Waals surface area contributed by atoms with E-state index in [0.717, 1.165) is 24.2 Å². The van der Waals surface area contributed by atoms with Crippen LogP contribution in [0.3, 0.4) is 0 Å². The number of anilines is 1. The van der Waals surface area contributed by atoms with Gasteiger partial charge >= 0.3 is 0 Å². The van der Waals surface area contributed by atoms with Crippen molar-refractivity contribution in [3.8, 4) is 0 Å². The van der Waals surface area contributed by atoms with Crippen LogP contribution < -0.4 is 15.8 Å². The van der Waals surface area contributed by atoms with E-state index >= 15 is 0 Å². The SMILES string of the molecule is CCCCC(CN)NS(=O)(=O)c1nnc(NC(C)=O)s1. The number of nitrogens with zero attached hydrogens (tertiary/aromatic N) is 2. The van der Waals surface area contributed by atoms with Crippen molar-refractivity contribution in [2.24, 2.45) is 5.73 Å². The van der Waals surface area contributed by atoms with Gasteiger partial charge in [-0.25, -0.2) is 13.1 Å². The maximum absolute atomic E-state index is 12.1. The van der Waals surface area contributed by atoms with Gasteiger partial charge in [-0.2, -0.15) is 0 Å². The van der Waals surface area contributed by atoms with E-state index in [1.54, 1.807) is 0 Å². The molecule has 1 aromatic heterocycles. The second-order valence-corrected chi connectivity index (χ2v) is 7.12. The molecule has 1 aromatic rings. The number of carbonyl (C=O) groups is 1. The normalized spacial score (nSPS) is 13.2. The first-order valence-corrected chi connectivity index (χ1v) is 8.52. The van der Waals surface area contributed by atoms with Crippen molar-refractivity contribution in [2.45, 2.75) is 43.5 Å². The van der Waals surface area contributed by atoms with Crippen LogP contribution in [0.5, 0.6) is 0 Å². The average Bonchev–Trinajstić information content (AvgIpc) is 2.82. The molecule has 114 valence electrons. The van der Waals surface area contributed by atoms with Gasteiger partial charge in [0.1, 0.15) is 0 Å². The maximum Gasteiger partial charge on any atom is 0.270 e. The number of hydrogen-bond acceptors (Lipinski definition) is 7. The smallest absolute Gasteiger partial charge is 0.270 e. The summed E-state index contributed by atoms with van der Waals surface area (Å²) in [6, 6.07) is -0.326. The van der Waals surface area contributed by atoms with E-state index in [-0.39, 0.29) is 28.0 Å². The molecule has 0 radical (unpaired) electrons. The molecule has 1 rings (SSSR count). The lowest BCUT2D eigenvalue weighted by molar-refractivity contribution is -0.114. The molecule has 1 heterocycles. The van der Waals surface area contributed by atoms with Crippen LogP contribution in [0.1, 0.15) is 33.1 Å². The fraction of sp³-hybridized carbons (Fsp3) is 0.700. The Hall–Kier alpha value is -1.10. The van der Waals surface area contributed by atoms with Gasteiger partial charge in [-0.1, -0.05) is 31.1 Å². The van der Waals surface area contributed by atoms with Crippen molar-refractivity contribution in [2.75, 3.05) is 11.9 Å². The average molecular weight is 321 g/mol. The van der Waals surface area contributed by atoms with E-state index in [4.69, 9.17) is 5.73 Å². The number of nitrogens with two attached hydrogens (primary N) is 1. The van der Waals surface area contributed by atoms with Gasteiger partial charge in [-0.3, -0.25) is 4.79 Å². The first kappa shape index (κ1) is 17.0. The third-order valence-electron chi connectivity index (χ3n) is 2.43. The quantitative estimate of drug-likeness (QED) is 0.591. The topological polar surface area (TPSA) is 127 Å². The minimum Gasteiger partial charge on any atom is -0.329 e. The Morgan fingerprint density at radius 3 is 2.70 bits per heavy atom. The van der Waals surface area contributed by atoms with Crippen LogP contribution >= 0.6 is 11.3 Å². The molecule has 0 saturated heterocycles. The molecule has 0 aromatic carbocycles. The second kappa shape index (κ2) is 7.62. The highest BCUT2D eigenvalue weighted by Crippen LogP contribution is 2.20. The minimum atomic E-state index is -3.75. The summed E-state index contributed by atoms with van der Waals surface area (Å²) >= 11 is 0.799. The molecule has 0 spiro atoms. The first-order valence-electron chi connectivity index (χ1n) is 6.22. The predicted octanol–water partition coefficient (Wildman–Crippen LogP) is 0.292. The van der Waals surface area contributed by atoms with Gasteiger partial charge < -0.3 is 11.1 Å². The summed E-state index contributed by atoms with van der Waals surface area (Å²) in [5, 5.41) is 9.71. The first-order chi connectivity index (χ1) is 9.39. The molecular formula is C10H19N5O3S2. The summed E-state index contributed by atoms with van der Waals surface area (Å²) in [7, 11) is -3.75. The van der Waals surface area contributed by atoms with Crippen LogP contribution in [-0.2, 0) is 14.8 Å². The van der Waals surface area contributed by atoms with Gasteiger partial charge in [0, 0.05) is 19.5 Å². The molecule has 0 fully saturated rings. The standard InChI is InChI=1S/C10H19N5O3S2/c1-3-4-5-8(6-11)15-20(17,18)10-14-13-9(19-10)12-7(2)16/h8,15H,3-6,11H2,1-2H3,(H,12,13,16). The Labute approximate surface area is 122 Å². The van der Waals surface area contributed by atoms with Crippen molar-refractivity contribution in [3.63, 3.8) is 0 Å². The second-order valence-electron chi connectivity index (χ2n) is 4.25. The molecule has 4 N–H and O–H groups in total. The highest BCUT2D eigenvalue weighted by Gasteiger charge is 2.23. The predicted molar refractivity (Wildman–Crippen MR) is 76.9 cm³/mol. The zero-order valence-electron chi connectivity index (χ0n) is 11.4. The van der Waals surface area contributed by atoms with E-state index in [1.807, 2.05) is 6.92 Å². The third-order valence-corrected chi connectivity index (χ3v) is 5.16. The van der Waals surface area contributed by atoms with Crippen LogP contribution in [0, 0.1) is 0 Å². The number of nitrogens with one attached hydrogen (secondary N) is 2. The molecule has 1 amide bonds. The Bertz CT molecular complexity index is 543. The van der Waals surface area contributed by atoms with Crippen LogP contribution in [-0.4, -0.2) is 37.1 Å². The molecular weight excluding hydrogens is 302 g/mol. The minimum absolute atomic E-state index is 0.149. The summed E-state index contributed by atoms with van der Waals surface area (Å²) in [6.07, 6.45) is 2.52. The van der Waals surface area contributed by atoms with Gasteiger partial charge in [0.15, 0.2) is 0 Å². The van der Waals surface area contributed by atoms with Crippen LogP contribution in [0.2, 0.25) is 0 Å². The summed E-state index contributed by atoms with van der Waals surface area (Å²) in [6.45, 7) is 3.55. The van der Waals surface area contributed by atoms with Crippen LogP contribution in [0.15, 0.2) is 4.34 Å². The number of amides is 1. The van der Waals surface area contributed by atoms with Crippen molar-refractivity contribution in [1.29, 1.82) is 0 Å². The molecule has 0 aliphatic carbocycles. The fourth-order valence-corrected chi connectivity index (χ4v) is 3.71. The van der Waals surface area contributed by atoms with Gasteiger partial charge in [-0.05, 0) is 6.42 Å². The van der Waals surface area contributed by atoms with E-state index in [9.17, 15) is 13.2 Å². The summed E-state index contributed by atoms with van der Waals surface area (Å²) in [5.41, 5.74) is 5.55. The van der Waals surface area contributed by atoms with E-state index in [1.165, 1.54) is 6.92 Å². The number of sulfonamides is 1. The van der Waals surface area contributed by atoms with Crippen molar-refractivity contribution >= 4 is 32.4 Å². The molecule has 0 bridgehead atoms. The van der Waals surface area contributed by atoms with E-state index in [2.05, 4.69) is 20.2 Å². The fourth-order valence-electron chi connectivity index (χ4n) is 1.46. The molecule has 20 heavy (non-hydrogen) atoms. The monoisotopic (exact) mass is 321 g/mol. The van der Waals surface area contributed by atoms with Crippen molar-refractivity contribution < 1.29 is 13.2 Å². The van der Waals surface area contributed by atoms with Crippen LogP contribution in [0.25, 0.3) is 0 Å². The van der Waals surface area contributed by atoms with Crippen molar-refractivity contribution in [1.82, 2.24) is 14.9 Å². The number of hydrogen-bond donors (Lipinski definition) is 3. The molecule has 0 saturated carbocycles. The lowest BCUT2D eigenvalue weighted by atomic mass is 10.1. The zero-order chi connectivity index (χ0) is 15.2. The van der Waals surface area contributed by atoms with Gasteiger partial charge in [0.05, 0.1) is 0 Å². The Morgan fingerprint density at radius 1 is 1.45 bits per heavy atom. The zero-order valence-corrected chi connectivity index (χ0v) is 13.1. The summed E-state index contributed by atoms with van der Waals surface area (Å²) in [5.74, 6) is -0.333. The Kier molecular flexibility index (Phi) is 6.46. The number of unbranched alkanes of at least 4 members (excludes halogenated alkanes) is 1. The molecule has 8 nitrogen and oxygen atoms in total. The lowest BCUT2D eigenvalue weighted by Crippen LogP contribution is -2.40. The van der Waals surface area contributed by atoms with Gasteiger partial charge in [0.2, 0.25) is 15.4 Å². The van der Waals surface area contributed by atoms with Gasteiger partial charge in [0.25, 0.3) is 10.0 Å². The number of rotatable bonds is 8. The largest absolute Gasteiger partial charge is 0.329 e. The molecule has 1 atom stereocenters. The lowest BCUT2D eigenvalue weighted by Gasteiger charge is -2.14. The number of aromatic nitrogens is 2. The molecule has 1 unspecified atom stereocenters. The highest BCUT2D eigenvalue weighted by atomic mass is 32.2. The van der Waals surface area contributed by atoms with Crippen molar-refractivity contribution in [3.05, 3.63) is 0 Å². The van der Waals surface area contributed by atoms with E-state index in [0.29, 0.717) is 6.42 Å². The molecule has 0 aliphatic rings. The molecule has 0 aliphatic heterocycles. The number of carbonyl (C=O) groups excluding carboxylic acids is 1. The third kappa shape index (κ3) is 5.12.